The van der Waals surface area contributed by atoms with Gasteiger partial charge in [-0.2, -0.15) is 0 Å². The second kappa shape index (κ2) is 10.5. The number of benzene rings is 1. The number of ether oxygens (including phenoxy) is 3. The highest BCUT2D eigenvalue weighted by molar-refractivity contribution is 7.98. The molecule has 1 aromatic heterocycles. The number of halogens is 1. The first-order valence-corrected chi connectivity index (χ1v) is 14.4. The SMILES string of the molecule is CSc1cc(C)[nH]c(=O)c1CNC(=O)c1cc(Cl)c2c(c1C)O[C@@](C)([C@H]1CC[C@H](NC3COC3)CC1)O2. The Hall–Kier alpha value is -2.20. The van der Waals surface area contributed by atoms with Crippen molar-refractivity contribution >= 4 is 29.3 Å². The maximum Gasteiger partial charge on any atom is 0.254 e. The zero-order valence-electron chi connectivity index (χ0n) is 21.7. The molecule has 8 nitrogen and oxygen atoms in total. The van der Waals surface area contributed by atoms with Crippen LogP contribution in [-0.2, 0) is 11.3 Å². The number of H-pyrrole nitrogens is 1. The van der Waals surface area contributed by atoms with Gasteiger partial charge in [-0.05, 0) is 57.9 Å². The van der Waals surface area contributed by atoms with E-state index in [9.17, 15) is 9.59 Å². The topological polar surface area (TPSA) is 102 Å². The highest BCUT2D eigenvalue weighted by atomic mass is 35.5. The maximum atomic E-state index is 13.2. The van der Waals surface area contributed by atoms with Crippen LogP contribution in [0.5, 0.6) is 11.5 Å². The van der Waals surface area contributed by atoms with E-state index in [2.05, 4.69) is 15.6 Å². The van der Waals surface area contributed by atoms with Crippen LogP contribution in [-0.4, -0.2) is 48.2 Å². The molecule has 2 aliphatic heterocycles. The standard InChI is InChI=1S/C27H34ClN3O5S/c1-14-9-22(37-4)20(26(33)30-14)11-29-25(32)19-10-21(28)24-23(15(19)2)35-27(3,36-24)16-5-7-17(8-6-16)31-18-12-34-13-18/h9-10,16-18,31H,5-8,11-13H2,1-4H3,(H,29,32)(H,30,33)/t16-,17-,27-/m1/s1. The molecule has 0 bridgehead atoms. The molecular weight excluding hydrogens is 514 g/mol. The lowest BCUT2D eigenvalue weighted by Crippen LogP contribution is -2.53. The van der Waals surface area contributed by atoms with Crippen molar-refractivity contribution in [2.75, 3.05) is 19.5 Å². The quantitative estimate of drug-likeness (QED) is 0.443. The largest absolute Gasteiger partial charge is 0.448 e. The average Bonchev–Trinajstić information content (AvgIpc) is 3.22. The van der Waals surface area contributed by atoms with E-state index in [-0.39, 0.29) is 23.9 Å². The van der Waals surface area contributed by atoms with Gasteiger partial charge in [0.1, 0.15) is 0 Å². The molecule has 10 heteroatoms. The summed E-state index contributed by atoms with van der Waals surface area (Å²) in [5.74, 6) is 0.0630. The van der Waals surface area contributed by atoms with E-state index in [1.807, 2.05) is 33.1 Å². The van der Waals surface area contributed by atoms with Crippen LogP contribution < -0.4 is 25.7 Å². The van der Waals surface area contributed by atoms with E-state index < -0.39 is 5.79 Å². The molecule has 3 N–H and O–H groups in total. The predicted molar refractivity (Wildman–Crippen MR) is 144 cm³/mol. The molecule has 37 heavy (non-hydrogen) atoms. The molecule has 0 radical (unpaired) electrons. The summed E-state index contributed by atoms with van der Waals surface area (Å²) in [5, 5.41) is 6.90. The molecule has 2 aromatic rings. The van der Waals surface area contributed by atoms with Crippen molar-refractivity contribution in [1.82, 2.24) is 15.6 Å². The monoisotopic (exact) mass is 547 g/mol. The lowest BCUT2D eigenvalue weighted by molar-refractivity contribution is -0.122. The number of aryl methyl sites for hydroxylation is 1. The van der Waals surface area contributed by atoms with Gasteiger partial charge >= 0.3 is 0 Å². The van der Waals surface area contributed by atoms with E-state index in [0.717, 1.165) is 49.5 Å². The molecule has 2 fully saturated rings. The number of aromatic amines is 1. The fraction of sp³-hybridized carbons (Fsp3) is 0.556. The van der Waals surface area contributed by atoms with E-state index >= 15 is 0 Å². The van der Waals surface area contributed by atoms with Crippen molar-refractivity contribution < 1.29 is 19.0 Å². The smallest absolute Gasteiger partial charge is 0.254 e. The number of amides is 1. The number of hydrogen-bond acceptors (Lipinski definition) is 7. The predicted octanol–water partition coefficient (Wildman–Crippen LogP) is 4.33. The van der Waals surface area contributed by atoms with Gasteiger partial charge in [0.25, 0.3) is 17.3 Å². The summed E-state index contributed by atoms with van der Waals surface area (Å²) >= 11 is 8.08. The van der Waals surface area contributed by atoms with Gasteiger partial charge in [0, 0.05) is 52.7 Å². The third-order valence-electron chi connectivity index (χ3n) is 7.75. The molecule has 3 heterocycles. The van der Waals surface area contributed by atoms with Gasteiger partial charge in [-0.15, -0.1) is 11.8 Å². The summed E-state index contributed by atoms with van der Waals surface area (Å²) in [5.41, 5.74) is 2.18. The van der Waals surface area contributed by atoms with Gasteiger partial charge in [0.15, 0.2) is 11.5 Å². The highest BCUT2D eigenvalue weighted by Gasteiger charge is 2.47. The van der Waals surface area contributed by atoms with Crippen LogP contribution in [0, 0.1) is 19.8 Å². The Labute approximate surface area is 226 Å². The fourth-order valence-electron chi connectivity index (χ4n) is 5.50. The molecule has 1 atom stereocenters. The number of rotatable bonds is 7. The Balaban J connectivity index is 1.28. The van der Waals surface area contributed by atoms with Gasteiger partial charge in [0.05, 0.1) is 24.3 Å². The minimum Gasteiger partial charge on any atom is -0.448 e. The number of aromatic nitrogens is 1. The minimum absolute atomic E-state index is 0.109. The number of pyridine rings is 1. The van der Waals surface area contributed by atoms with Crippen LogP contribution in [0.3, 0.4) is 0 Å². The first kappa shape index (κ1) is 26.4. The lowest BCUT2D eigenvalue weighted by atomic mass is 9.81. The average molecular weight is 548 g/mol. The molecule has 1 aromatic carbocycles. The lowest BCUT2D eigenvalue weighted by Gasteiger charge is -2.39. The Morgan fingerprint density at radius 1 is 1.14 bits per heavy atom. The molecule has 3 aliphatic rings. The molecule has 1 saturated carbocycles. The molecule has 1 saturated heterocycles. The van der Waals surface area contributed by atoms with Crippen molar-refractivity contribution in [3.8, 4) is 11.5 Å². The van der Waals surface area contributed by atoms with Crippen molar-refractivity contribution in [3.63, 3.8) is 0 Å². The van der Waals surface area contributed by atoms with Gasteiger partial charge in [-0.3, -0.25) is 9.59 Å². The van der Waals surface area contributed by atoms with Crippen LogP contribution in [0.15, 0.2) is 21.8 Å². The number of carbonyl (C=O) groups excluding carboxylic acids is 1. The van der Waals surface area contributed by atoms with Crippen LogP contribution in [0.1, 0.15) is 59.8 Å². The second-order valence-electron chi connectivity index (χ2n) is 10.4. The zero-order valence-corrected chi connectivity index (χ0v) is 23.2. The van der Waals surface area contributed by atoms with Crippen molar-refractivity contribution in [1.29, 1.82) is 0 Å². The van der Waals surface area contributed by atoms with Crippen LogP contribution in [0.2, 0.25) is 5.02 Å². The number of carbonyl (C=O) groups is 1. The second-order valence-corrected chi connectivity index (χ2v) is 11.6. The Kier molecular flexibility index (Phi) is 7.51. The molecule has 0 spiro atoms. The first-order chi connectivity index (χ1) is 17.7. The highest BCUT2D eigenvalue weighted by Crippen LogP contribution is 2.51. The van der Waals surface area contributed by atoms with Crippen LogP contribution in [0.4, 0.5) is 0 Å². The van der Waals surface area contributed by atoms with Crippen LogP contribution in [0.25, 0.3) is 0 Å². The van der Waals surface area contributed by atoms with Crippen molar-refractivity contribution in [2.24, 2.45) is 5.92 Å². The van der Waals surface area contributed by atoms with E-state index in [4.69, 9.17) is 25.8 Å². The molecule has 0 unspecified atom stereocenters. The van der Waals surface area contributed by atoms with Crippen molar-refractivity contribution in [3.05, 3.63) is 49.9 Å². The summed E-state index contributed by atoms with van der Waals surface area (Å²) in [4.78, 5) is 29.3. The number of thioether (sulfide) groups is 1. The van der Waals surface area contributed by atoms with Crippen LogP contribution >= 0.6 is 23.4 Å². The maximum absolute atomic E-state index is 13.2. The summed E-state index contributed by atoms with van der Waals surface area (Å²) in [6, 6.07) is 4.49. The zero-order chi connectivity index (χ0) is 26.3. The molecule has 1 aliphatic carbocycles. The Morgan fingerprint density at radius 2 is 1.84 bits per heavy atom. The van der Waals surface area contributed by atoms with E-state index in [1.165, 1.54) is 11.8 Å². The fourth-order valence-corrected chi connectivity index (χ4v) is 6.44. The minimum atomic E-state index is -0.834. The number of nitrogens with one attached hydrogen (secondary N) is 3. The van der Waals surface area contributed by atoms with Gasteiger partial charge < -0.3 is 29.8 Å². The normalized spacial score (nSPS) is 25.1. The third-order valence-corrected chi connectivity index (χ3v) is 8.83. The molecular formula is C27H34ClN3O5S. The summed E-state index contributed by atoms with van der Waals surface area (Å²) in [7, 11) is 0. The molecule has 200 valence electrons. The number of hydrogen-bond donors (Lipinski definition) is 3. The molecule has 5 rings (SSSR count). The van der Waals surface area contributed by atoms with Crippen molar-refractivity contribution in [2.45, 2.75) is 75.8 Å². The van der Waals surface area contributed by atoms with Gasteiger partial charge in [-0.1, -0.05) is 11.6 Å². The molecule has 1 amide bonds. The summed E-state index contributed by atoms with van der Waals surface area (Å²) in [6.07, 6.45) is 5.96. The Bertz CT molecular complexity index is 1260. The first-order valence-electron chi connectivity index (χ1n) is 12.8. The van der Waals surface area contributed by atoms with Gasteiger partial charge in [-0.25, -0.2) is 0 Å². The summed E-state index contributed by atoms with van der Waals surface area (Å²) in [6.45, 7) is 7.35. The van der Waals surface area contributed by atoms with E-state index in [1.54, 1.807) is 6.07 Å². The van der Waals surface area contributed by atoms with Gasteiger partial charge in [0.2, 0.25) is 0 Å². The number of fused-ring (bicyclic) bond motifs is 1. The van der Waals surface area contributed by atoms with E-state index in [0.29, 0.717) is 45.3 Å². The summed E-state index contributed by atoms with van der Waals surface area (Å²) < 4.78 is 18.0. The Morgan fingerprint density at radius 3 is 2.49 bits per heavy atom. The third kappa shape index (κ3) is 5.24.